The zero-order valence-corrected chi connectivity index (χ0v) is 17.9. The number of nitrogens with zero attached hydrogens (tertiary/aromatic N) is 2. The minimum atomic E-state index is -4.48. The molecule has 9 heteroatoms. The predicted molar refractivity (Wildman–Crippen MR) is 118 cm³/mol. The Bertz CT molecular complexity index is 1090. The third kappa shape index (κ3) is 5.19. The van der Waals surface area contributed by atoms with Crippen LogP contribution < -0.4 is 10.2 Å². The van der Waals surface area contributed by atoms with E-state index in [2.05, 4.69) is 10.3 Å². The maximum Gasteiger partial charge on any atom is 0.416 e. The summed E-state index contributed by atoms with van der Waals surface area (Å²) in [5.74, 6) is -0.414. The maximum atomic E-state index is 13.2. The highest BCUT2D eigenvalue weighted by molar-refractivity contribution is 7.13. The summed E-state index contributed by atoms with van der Waals surface area (Å²) in [5, 5.41) is 5.75. The van der Waals surface area contributed by atoms with Gasteiger partial charge in [0.25, 0.3) is 0 Å². The lowest BCUT2D eigenvalue weighted by Gasteiger charge is -2.23. The number of alkyl halides is 3. The lowest BCUT2D eigenvalue weighted by molar-refractivity contribution is -0.137. The third-order valence-corrected chi connectivity index (χ3v) is 6.18. The van der Waals surface area contributed by atoms with Crippen molar-refractivity contribution >= 4 is 40.2 Å². The molecule has 1 aliphatic heterocycles. The molecular weight excluding hydrogens is 447 g/mol. The molecule has 0 radical (unpaired) electrons. The Morgan fingerprint density at radius 2 is 1.94 bits per heavy atom. The number of amides is 1. The normalized spacial score (nSPS) is 14.1. The van der Waals surface area contributed by atoms with E-state index in [0.29, 0.717) is 16.4 Å². The van der Waals surface area contributed by atoms with Crippen molar-refractivity contribution in [3.63, 3.8) is 0 Å². The smallest absolute Gasteiger partial charge is 0.370 e. The molecule has 4 rings (SSSR count). The molecule has 0 bridgehead atoms. The van der Waals surface area contributed by atoms with Crippen molar-refractivity contribution in [1.82, 2.24) is 4.98 Å². The highest BCUT2D eigenvalue weighted by Gasteiger charge is 2.32. The van der Waals surface area contributed by atoms with Crippen molar-refractivity contribution in [2.24, 2.45) is 0 Å². The average molecular weight is 466 g/mol. The molecule has 1 aliphatic rings. The number of benzene rings is 2. The number of hydrogen-bond donors (Lipinski definition) is 1. The highest BCUT2D eigenvalue weighted by Crippen LogP contribution is 2.36. The lowest BCUT2D eigenvalue weighted by Crippen LogP contribution is -2.22. The molecule has 0 saturated carbocycles. The van der Waals surface area contributed by atoms with Crippen LogP contribution in [0.3, 0.4) is 0 Å². The molecule has 1 N–H and O–H groups in total. The fourth-order valence-corrected chi connectivity index (χ4v) is 4.55. The second-order valence-electron chi connectivity index (χ2n) is 7.30. The van der Waals surface area contributed by atoms with E-state index in [1.807, 2.05) is 17.0 Å². The van der Waals surface area contributed by atoms with Gasteiger partial charge in [0.05, 0.1) is 29.1 Å². The number of nitrogens with one attached hydrogen (secondary N) is 1. The number of thiazole rings is 1. The van der Waals surface area contributed by atoms with Crippen molar-refractivity contribution in [2.75, 3.05) is 23.3 Å². The van der Waals surface area contributed by atoms with Crippen molar-refractivity contribution in [3.8, 4) is 10.6 Å². The van der Waals surface area contributed by atoms with Crippen LogP contribution in [-0.4, -0.2) is 24.0 Å². The fraction of sp³-hybridized carbons (Fsp3) is 0.273. The molecule has 1 amide bonds. The van der Waals surface area contributed by atoms with Gasteiger partial charge in [-0.05, 0) is 43.2 Å². The minimum absolute atomic E-state index is 0.0350. The van der Waals surface area contributed by atoms with Gasteiger partial charge in [-0.1, -0.05) is 23.7 Å². The van der Waals surface area contributed by atoms with Crippen LogP contribution >= 0.6 is 22.9 Å². The molecule has 1 fully saturated rings. The average Bonchev–Trinajstić information content (AvgIpc) is 3.39. The molecular formula is C22H19ClF3N3OS. The number of aromatic nitrogens is 1. The first-order chi connectivity index (χ1) is 14.8. The summed E-state index contributed by atoms with van der Waals surface area (Å²) >= 11 is 7.40. The fourth-order valence-electron chi connectivity index (χ4n) is 3.55. The summed E-state index contributed by atoms with van der Waals surface area (Å²) in [6.07, 6.45) is -2.57. The number of carbonyl (C=O) groups excluding carboxylic acids is 1. The summed E-state index contributed by atoms with van der Waals surface area (Å²) in [5.41, 5.74) is 1.39. The monoisotopic (exact) mass is 465 g/mol. The molecule has 2 heterocycles. The number of hydrogen-bond acceptors (Lipinski definition) is 4. The van der Waals surface area contributed by atoms with Gasteiger partial charge in [0.1, 0.15) is 5.01 Å². The Hall–Kier alpha value is -2.58. The Balaban J connectivity index is 1.52. The first-order valence-electron chi connectivity index (χ1n) is 9.76. The maximum absolute atomic E-state index is 13.2. The summed E-state index contributed by atoms with van der Waals surface area (Å²) in [6.45, 7) is 1.51. The van der Waals surface area contributed by atoms with E-state index in [1.165, 1.54) is 17.4 Å². The molecule has 2 aromatic carbocycles. The van der Waals surface area contributed by atoms with Crippen LogP contribution in [0.1, 0.15) is 24.1 Å². The second-order valence-corrected chi connectivity index (χ2v) is 8.60. The summed E-state index contributed by atoms with van der Waals surface area (Å²) in [7, 11) is 0. The van der Waals surface area contributed by atoms with E-state index in [9.17, 15) is 18.0 Å². The first-order valence-corrected chi connectivity index (χ1v) is 11.0. The topological polar surface area (TPSA) is 45.2 Å². The Morgan fingerprint density at radius 3 is 2.65 bits per heavy atom. The first kappa shape index (κ1) is 21.6. The number of carbonyl (C=O) groups is 1. The summed E-state index contributed by atoms with van der Waals surface area (Å²) in [6, 6.07) is 10.7. The number of halogens is 4. The molecule has 0 unspecified atom stereocenters. The van der Waals surface area contributed by atoms with Gasteiger partial charge in [0, 0.05) is 29.1 Å². The van der Waals surface area contributed by atoms with E-state index in [-0.39, 0.29) is 12.1 Å². The molecule has 3 aromatic rings. The second kappa shape index (κ2) is 8.88. The molecule has 31 heavy (non-hydrogen) atoms. The van der Waals surface area contributed by atoms with Gasteiger partial charge in [-0.2, -0.15) is 13.2 Å². The van der Waals surface area contributed by atoms with Crippen LogP contribution in [0.2, 0.25) is 5.02 Å². The number of anilines is 2. The van der Waals surface area contributed by atoms with Crippen LogP contribution in [0, 0.1) is 0 Å². The van der Waals surface area contributed by atoms with Crippen LogP contribution in [0.4, 0.5) is 24.5 Å². The van der Waals surface area contributed by atoms with Gasteiger partial charge in [-0.25, -0.2) is 4.98 Å². The molecule has 1 aromatic heterocycles. The lowest BCUT2D eigenvalue weighted by atomic mass is 10.1. The van der Waals surface area contributed by atoms with E-state index in [4.69, 9.17) is 11.6 Å². The Morgan fingerprint density at radius 1 is 1.16 bits per heavy atom. The third-order valence-electron chi connectivity index (χ3n) is 5.01. The largest absolute Gasteiger partial charge is 0.416 e. The zero-order valence-electron chi connectivity index (χ0n) is 16.4. The zero-order chi connectivity index (χ0) is 22.0. The molecule has 0 aliphatic carbocycles. The predicted octanol–water partition coefficient (Wildman–Crippen LogP) is 6.26. The highest BCUT2D eigenvalue weighted by atomic mass is 35.5. The summed E-state index contributed by atoms with van der Waals surface area (Å²) < 4.78 is 39.6. The van der Waals surface area contributed by atoms with E-state index >= 15 is 0 Å². The van der Waals surface area contributed by atoms with Crippen LogP contribution in [-0.2, 0) is 17.4 Å². The van der Waals surface area contributed by atoms with Crippen LogP contribution in [0.5, 0.6) is 0 Å². The SMILES string of the molecule is O=C(Cc1csc(-c2cccc(Cl)c2)n1)Nc1cc(C(F)(F)F)ccc1N1CCCC1. The minimum Gasteiger partial charge on any atom is -0.370 e. The standard InChI is InChI=1S/C22H19ClF3N3OS/c23-16-5-3-4-14(10-16)21-27-17(13-31-21)12-20(30)28-18-11-15(22(24,25)26)6-7-19(18)29-8-1-2-9-29/h3-7,10-11,13H,1-2,8-9,12H2,(H,28,30). The van der Waals surface area contributed by atoms with Gasteiger partial charge in [0.2, 0.25) is 5.91 Å². The quantitative estimate of drug-likeness (QED) is 0.483. The van der Waals surface area contributed by atoms with E-state index in [0.717, 1.165) is 48.6 Å². The Kier molecular flexibility index (Phi) is 6.20. The van der Waals surface area contributed by atoms with Crippen LogP contribution in [0.25, 0.3) is 10.6 Å². The van der Waals surface area contributed by atoms with Gasteiger partial charge in [-0.15, -0.1) is 11.3 Å². The van der Waals surface area contributed by atoms with Crippen molar-refractivity contribution < 1.29 is 18.0 Å². The van der Waals surface area contributed by atoms with Crippen molar-refractivity contribution in [3.05, 3.63) is 64.1 Å². The van der Waals surface area contributed by atoms with Crippen LogP contribution in [0.15, 0.2) is 47.8 Å². The van der Waals surface area contributed by atoms with Gasteiger partial charge in [0.15, 0.2) is 0 Å². The Labute approximate surface area is 186 Å². The van der Waals surface area contributed by atoms with E-state index < -0.39 is 17.6 Å². The molecule has 1 saturated heterocycles. The van der Waals surface area contributed by atoms with Crippen molar-refractivity contribution in [1.29, 1.82) is 0 Å². The molecule has 0 spiro atoms. The van der Waals surface area contributed by atoms with Gasteiger partial charge < -0.3 is 10.2 Å². The van der Waals surface area contributed by atoms with Gasteiger partial charge in [-0.3, -0.25) is 4.79 Å². The molecule has 162 valence electrons. The molecule has 0 atom stereocenters. The number of rotatable bonds is 5. The summed E-state index contributed by atoms with van der Waals surface area (Å²) in [4.78, 5) is 19.1. The van der Waals surface area contributed by atoms with E-state index in [1.54, 1.807) is 17.5 Å². The molecule has 4 nitrogen and oxygen atoms in total. The van der Waals surface area contributed by atoms with Crippen molar-refractivity contribution in [2.45, 2.75) is 25.4 Å². The van der Waals surface area contributed by atoms with Gasteiger partial charge >= 0.3 is 6.18 Å².